The second-order valence-electron chi connectivity index (χ2n) is 12.5. The summed E-state index contributed by atoms with van der Waals surface area (Å²) in [6.45, 7) is 1.05. The number of aromatic hydroxyl groups is 1. The van der Waals surface area contributed by atoms with Crippen molar-refractivity contribution < 1.29 is 42.8 Å². The second kappa shape index (κ2) is 8.63. The van der Waals surface area contributed by atoms with Crippen LogP contribution in [0, 0.1) is 17.8 Å². The van der Waals surface area contributed by atoms with Gasteiger partial charge in [0.15, 0.2) is 17.5 Å². The van der Waals surface area contributed by atoms with Gasteiger partial charge in [-0.3, -0.25) is 4.79 Å². The van der Waals surface area contributed by atoms with Gasteiger partial charge in [0.05, 0.1) is 17.0 Å². The molecule has 1 amide bonds. The molecule has 0 aromatic heterocycles. The highest BCUT2D eigenvalue weighted by atomic mass is 19.4. The summed E-state index contributed by atoms with van der Waals surface area (Å²) in [4.78, 5) is 14.8. The van der Waals surface area contributed by atoms with Crippen molar-refractivity contribution in [2.45, 2.75) is 73.9 Å². The lowest BCUT2D eigenvalue weighted by atomic mass is 9.48. The molecule has 2 bridgehead atoms. The number of halogens is 3. The van der Waals surface area contributed by atoms with E-state index in [1.807, 2.05) is 6.07 Å². The monoisotopic (exact) mass is 569 g/mol. The molecule has 10 heteroatoms. The van der Waals surface area contributed by atoms with Crippen LogP contribution in [0.4, 0.5) is 13.2 Å². The fourth-order valence-corrected chi connectivity index (χ4v) is 8.26. The van der Waals surface area contributed by atoms with Crippen LogP contribution in [0.3, 0.4) is 0 Å². The number of aliphatic hydroxyl groups is 1. The van der Waals surface area contributed by atoms with Gasteiger partial charge < -0.3 is 19.8 Å². The first-order chi connectivity index (χ1) is 19.4. The Morgan fingerprint density at radius 2 is 1.88 bits per heavy atom. The number of piperidine rings is 1. The predicted molar refractivity (Wildman–Crippen MR) is 140 cm³/mol. The van der Waals surface area contributed by atoms with Crippen molar-refractivity contribution in [2.75, 3.05) is 20.1 Å². The number of quaternary nitrogens is 1. The number of ether oxygens (including phenoxy) is 1. The number of likely N-dealkylation sites (N-methyl/N-ethyl adjacent to an activating group) is 1. The molecule has 2 aliphatic heterocycles. The van der Waals surface area contributed by atoms with E-state index in [0.717, 1.165) is 36.1 Å². The highest BCUT2D eigenvalue weighted by Gasteiger charge is 2.77. The van der Waals surface area contributed by atoms with Crippen molar-refractivity contribution in [1.29, 1.82) is 0 Å². The van der Waals surface area contributed by atoms with Crippen LogP contribution < -0.4 is 4.74 Å². The van der Waals surface area contributed by atoms with E-state index in [1.54, 1.807) is 13.1 Å². The zero-order valence-corrected chi connectivity index (χ0v) is 22.6. The molecule has 2 aromatic rings. The third kappa shape index (κ3) is 3.75. The number of hydrogen-bond donors (Lipinski definition) is 3. The van der Waals surface area contributed by atoms with Gasteiger partial charge in [-0.25, -0.2) is 5.21 Å². The highest BCUT2D eigenvalue weighted by molar-refractivity contribution is 5.94. The summed E-state index contributed by atoms with van der Waals surface area (Å²) < 4.78 is 45.0. The number of hydroxylamine groups is 3. The normalized spacial score (nSPS) is 34.6. The maximum absolute atomic E-state index is 13.3. The molecule has 3 fully saturated rings. The summed E-state index contributed by atoms with van der Waals surface area (Å²) in [6, 6.07) is 6.84. The van der Waals surface area contributed by atoms with E-state index >= 15 is 0 Å². The number of rotatable bonds is 3. The van der Waals surface area contributed by atoms with E-state index in [4.69, 9.17) is 4.74 Å². The molecule has 2 heterocycles. The fraction of sp³-hybridized carbons (Fsp3) is 0.516. The number of carbonyl (C=O) groups is 1. The number of phenols is 1. The van der Waals surface area contributed by atoms with Gasteiger partial charge in [-0.15, -0.1) is 0 Å². The van der Waals surface area contributed by atoms with Crippen LogP contribution in [0.15, 0.2) is 36.4 Å². The van der Waals surface area contributed by atoms with E-state index in [-0.39, 0.29) is 16.0 Å². The zero-order valence-electron chi connectivity index (χ0n) is 22.6. The minimum Gasteiger partial charge on any atom is -0.504 e. The van der Waals surface area contributed by atoms with Crippen molar-refractivity contribution >= 4 is 5.91 Å². The summed E-state index contributed by atoms with van der Waals surface area (Å²) in [5.74, 6) is 5.47. The van der Waals surface area contributed by atoms with Crippen molar-refractivity contribution in [1.82, 2.24) is 4.90 Å². The van der Waals surface area contributed by atoms with Gasteiger partial charge in [0.2, 0.25) is 0 Å². The molecular weight excluding hydrogens is 537 g/mol. The number of amides is 1. The Labute approximate surface area is 235 Å². The zero-order chi connectivity index (χ0) is 28.9. The molecule has 6 atom stereocenters. The van der Waals surface area contributed by atoms with E-state index in [0.29, 0.717) is 50.4 Å². The molecule has 7 rings (SSSR count). The topological polar surface area (TPSA) is 90.2 Å². The van der Waals surface area contributed by atoms with Crippen LogP contribution in [0.2, 0.25) is 0 Å². The van der Waals surface area contributed by atoms with Crippen LogP contribution in [-0.2, 0) is 22.8 Å². The average molecular weight is 570 g/mol. The number of carbonyl (C=O) groups excluding carboxylic acids is 1. The Kier molecular flexibility index (Phi) is 5.61. The lowest BCUT2D eigenvalue weighted by Crippen LogP contribution is -2.82. The molecule has 7 nitrogen and oxygen atoms in total. The van der Waals surface area contributed by atoms with Crippen LogP contribution in [0.1, 0.15) is 54.4 Å². The first-order valence-electron chi connectivity index (χ1n) is 14.2. The largest absolute Gasteiger partial charge is 0.504 e. The van der Waals surface area contributed by atoms with Gasteiger partial charge in [-0.1, -0.05) is 12.0 Å². The molecule has 2 saturated carbocycles. The standard InChI is InChI=1S/C31H31F3N2O5/c1-35(25(38)11-6-18-4-8-21(9-5-18)31(32,33)34)22-12-13-30(39)24-16-20-7-10-23(37)27-26(20)29(30,28(22)41-27)14-15-36(24,40)17-19-2-3-19/h4-5,7-10,19,22,24,28,39-40H,2-3,12-17H2,1H3/p+1/t22-,24+,28+,29+,30-,36?/m1/s1. The molecular formula is C31H32F3N2O5+. The van der Waals surface area contributed by atoms with E-state index in [1.165, 1.54) is 17.0 Å². The maximum Gasteiger partial charge on any atom is 0.416 e. The fourth-order valence-electron chi connectivity index (χ4n) is 8.26. The Morgan fingerprint density at radius 3 is 2.56 bits per heavy atom. The molecule has 1 saturated heterocycles. The first-order valence-corrected chi connectivity index (χ1v) is 14.2. The van der Waals surface area contributed by atoms with Gasteiger partial charge >= 0.3 is 6.18 Å². The maximum atomic E-state index is 13.3. The number of nitrogens with zero attached hydrogens (tertiary/aromatic N) is 2. The van der Waals surface area contributed by atoms with Gasteiger partial charge in [-0.2, -0.15) is 17.8 Å². The minimum absolute atomic E-state index is 0.0172. The second-order valence-corrected chi connectivity index (χ2v) is 12.5. The SMILES string of the molecule is CN(C(=O)C#Cc1ccc(C(F)(F)F)cc1)[C@@H]1CC[C@@]2(O)[C@@H]3Cc4ccc(O)c5c4[C@@]2(CC[N+]3(O)CC2CC2)[C@H]1O5. The summed E-state index contributed by atoms with van der Waals surface area (Å²) in [6.07, 6.45) is -1.31. The van der Waals surface area contributed by atoms with E-state index in [9.17, 15) is 33.4 Å². The smallest absolute Gasteiger partial charge is 0.416 e. The van der Waals surface area contributed by atoms with Crippen molar-refractivity contribution in [3.05, 3.63) is 58.7 Å². The molecule has 0 radical (unpaired) electrons. The molecule has 1 unspecified atom stereocenters. The van der Waals surface area contributed by atoms with Gasteiger partial charge in [0, 0.05) is 42.9 Å². The Morgan fingerprint density at radius 1 is 1.15 bits per heavy atom. The summed E-state index contributed by atoms with van der Waals surface area (Å²) >= 11 is 0. The van der Waals surface area contributed by atoms with E-state index in [2.05, 4.69) is 11.8 Å². The molecule has 41 heavy (non-hydrogen) atoms. The molecule has 3 aliphatic carbocycles. The van der Waals surface area contributed by atoms with Crippen molar-refractivity contribution in [3.8, 4) is 23.3 Å². The lowest BCUT2D eigenvalue weighted by molar-refractivity contribution is -1.13. The van der Waals surface area contributed by atoms with Crippen LogP contribution in [-0.4, -0.2) is 74.8 Å². The minimum atomic E-state index is -4.46. The van der Waals surface area contributed by atoms with Crippen molar-refractivity contribution in [2.24, 2.45) is 5.92 Å². The summed E-state index contributed by atoms with van der Waals surface area (Å²) in [5.41, 5.74) is -0.977. The van der Waals surface area contributed by atoms with Crippen LogP contribution >= 0.6 is 0 Å². The summed E-state index contributed by atoms with van der Waals surface area (Å²) in [7, 11) is 1.62. The third-order valence-corrected chi connectivity index (χ3v) is 10.4. The predicted octanol–water partition coefficient (Wildman–Crippen LogP) is 3.76. The number of likely N-dealkylation sites (tertiary alicyclic amines) is 1. The summed E-state index contributed by atoms with van der Waals surface area (Å²) in [5, 5.41) is 35.3. The average Bonchev–Trinajstić information content (AvgIpc) is 3.66. The van der Waals surface area contributed by atoms with Crippen molar-refractivity contribution in [3.63, 3.8) is 0 Å². The van der Waals surface area contributed by atoms with Gasteiger partial charge in [0.1, 0.15) is 24.8 Å². The Hall–Kier alpha value is -3.26. The molecule has 216 valence electrons. The Bertz CT molecular complexity index is 1500. The molecule has 3 N–H and O–H groups in total. The highest BCUT2D eigenvalue weighted by Crippen LogP contribution is 2.66. The molecule has 2 aromatic carbocycles. The lowest BCUT2D eigenvalue weighted by Gasteiger charge is -2.64. The van der Waals surface area contributed by atoms with Gasteiger partial charge in [0.25, 0.3) is 5.91 Å². The van der Waals surface area contributed by atoms with E-state index < -0.39 is 46.9 Å². The Balaban J connectivity index is 1.22. The van der Waals surface area contributed by atoms with Crippen LogP contribution in [0.5, 0.6) is 11.5 Å². The quantitative estimate of drug-likeness (QED) is 0.387. The third-order valence-electron chi connectivity index (χ3n) is 10.4. The number of phenolic OH excluding ortho intramolecular Hbond substituents is 1. The molecule has 1 spiro atoms. The van der Waals surface area contributed by atoms with Gasteiger partial charge in [-0.05, 0) is 61.6 Å². The van der Waals surface area contributed by atoms with Crippen LogP contribution in [0.25, 0.3) is 0 Å². The number of hydrogen-bond acceptors (Lipinski definition) is 5. The molecule has 5 aliphatic rings. The first kappa shape index (κ1) is 26.6. The number of alkyl halides is 3. The number of benzene rings is 2.